The average molecular weight is 221 g/mol. The third-order valence-electron chi connectivity index (χ3n) is 1.62. The summed E-state index contributed by atoms with van der Waals surface area (Å²) in [5.74, 6) is -1.14. The van der Waals surface area contributed by atoms with Crippen LogP contribution in [0.25, 0.3) is 0 Å². The Hall–Kier alpha value is -1.66. The van der Waals surface area contributed by atoms with Crippen LogP contribution in [0.2, 0.25) is 0 Å². The molecule has 0 saturated heterocycles. The van der Waals surface area contributed by atoms with Crippen LogP contribution in [0.15, 0.2) is 15.5 Å². The average Bonchev–Trinajstić information content (AvgIpc) is 2.42. The van der Waals surface area contributed by atoms with Gasteiger partial charge in [-0.2, -0.15) is 13.2 Å². The summed E-state index contributed by atoms with van der Waals surface area (Å²) in [6.45, 7) is 1.18. The number of halogens is 3. The van der Waals surface area contributed by atoms with Crippen LogP contribution in [0, 0.1) is 6.92 Å². The number of nitrogens with zero attached hydrogens (tertiary/aromatic N) is 1. The molecule has 1 aromatic rings. The molecule has 0 spiro atoms. The van der Waals surface area contributed by atoms with Gasteiger partial charge in [-0.05, 0) is 13.0 Å². The summed E-state index contributed by atoms with van der Waals surface area (Å²) < 4.78 is 41.7. The Kier molecular flexibility index (Phi) is 2.92. The molecular formula is C8H10F3N3O. The maximum Gasteiger partial charge on any atom is 0.449 e. The normalized spacial score (nSPS) is 11.5. The predicted octanol–water partition coefficient (Wildman–Crippen LogP) is 1.38. The molecule has 0 aliphatic carbocycles. The summed E-state index contributed by atoms with van der Waals surface area (Å²) in [5.41, 5.74) is 9.97. The van der Waals surface area contributed by atoms with Gasteiger partial charge < -0.3 is 15.9 Å². The number of nitrogens with two attached hydrogens (primary N) is 2. The largest absolute Gasteiger partial charge is 0.456 e. The summed E-state index contributed by atoms with van der Waals surface area (Å²) in [6, 6.07) is 1.26. The number of alkyl halides is 3. The first kappa shape index (κ1) is 11.4. The maximum atomic E-state index is 12.4. The van der Waals surface area contributed by atoms with Crippen LogP contribution in [0.4, 0.5) is 13.2 Å². The standard InChI is InChI=1S/C8H10F3N3O/c1-4-2-5(3-14-7(12)13)6(15-4)8(9,10)11/h2H,3H2,1H3,(H4,12,13,14). The molecule has 0 bridgehead atoms. The number of rotatable bonds is 2. The van der Waals surface area contributed by atoms with Crippen molar-refractivity contribution in [2.75, 3.05) is 0 Å². The van der Waals surface area contributed by atoms with E-state index in [0.717, 1.165) is 0 Å². The van der Waals surface area contributed by atoms with E-state index in [4.69, 9.17) is 11.5 Å². The van der Waals surface area contributed by atoms with Crippen molar-refractivity contribution < 1.29 is 17.6 Å². The van der Waals surface area contributed by atoms with Crippen molar-refractivity contribution in [3.05, 3.63) is 23.2 Å². The minimum atomic E-state index is -4.53. The van der Waals surface area contributed by atoms with Crippen molar-refractivity contribution in [3.8, 4) is 0 Å². The van der Waals surface area contributed by atoms with E-state index in [0.29, 0.717) is 0 Å². The van der Waals surface area contributed by atoms with Gasteiger partial charge in [0, 0.05) is 5.56 Å². The lowest BCUT2D eigenvalue weighted by Crippen LogP contribution is -2.22. The number of furan rings is 1. The van der Waals surface area contributed by atoms with E-state index < -0.39 is 11.9 Å². The van der Waals surface area contributed by atoms with Gasteiger partial charge >= 0.3 is 6.18 Å². The highest BCUT2D eigenvalue weighted by Crippen LogP contribution is 2.34. The Bertz CT molecular complexity index is 377. The van der Waals surface area contributed by atoms with Crippen LogP contribution in [-0.4, -0.2) is 5.96 Å². The lowest BCUT2D eigenvalue weighted by atomic mass is 10.2. The van der Waals surface area contributed by atoms with Gasteiger partial charge in [-0.15, -0.1) is 0 Å². The molecule has 0 atom stereocenters. The number of aliphatic imine (C=N–C) groups is 1. The van der Waals surface area contributed by atoms with Crippen molar-refractivity contribution in [2.24, 2.45) is 16.5 Å². The minimum absolute atomic E-state index is 0.0756. The number of aryl methyl sites for hydroxylation is 1. The van der Waals surface area contributed by atoms with Gasteiger partial charge in [-0.25, -0.2) is 4.99 Å². The van der Waals surface area contributed by atoms with E-state index in [1.165, 1.54) is 13.0 Å². The zero-order valence-electron chi connectivity index (χ0n) is 7.93. The molecule has 0 aliphatic rings. The van der Waals surface area contributed by atoms with E-state index in [9.17, 15) is 13.2 Å². The van der Waals surface area contributed by atoms with Crippen molar-refractivity contribution in [2.45, 2.75) is 19.6 Å². The van der Waals surface area contributed by atoms with Crippen LogP contribution in [0.3, 0.4) is 0 Å². The summed E-state index contributed by atoms with van der Waals surface area (Å²) >= 11 is 0. The zero-order valence-corrected chi connectivity index (χ0v) is 7.93. The number of hydrogen-bond donors (Lipinski definition) is 2. The Morgan fingerprint density at radius 3 is 2.53 bits per heavy atom. The molecule has 0 amide bonds. The van der Waals surface area contributed by atoms with Gasteiger partial charge in [0.05, 0.1) is 6.54 Å². The molecule has 0 saturated carbocycles. The Morgan fingerprint density at radius 1 is 1.47 bits per heavy atom. The fraction of sp³-hybridized carbons (Fsp3) is 0.375. The molecule has 0 unspecified atom stereocenters. The highest BCUT2D eigenvalue weighted by molar-refractivity contribution is 5.75. The second kappa shape index (κ2) is 3.84. The van der Waals surface area contributed by atoms with E-state index in [1.807, 2.05) is 0 Å². The first-order valence-electron chi connectivity index (χ1n) is 4.02. The molecule has 0 aromatic carbocycles. The van der Waals surface area contributed by atoms with Crippen molar-refractivity contribution >= 4 is 5.96 Å². The molecule has 4 nitrogen and oxygen atoms in total. The smallest absolute Gasteiger partial charge is 0.449 e. The summed E-state index contributed by atoms with van der Waals surface area (Å²) in [7, 11) is 0. The highest BCUT2D eigenvalue weighted by Gasteiger charge is 2.37. The number of hydrogen-bond acceptors (Lipinski definition) is 2. The van der Waals surface area contributed by atoms with Crippen molar-refractivity contribution in [3.63, 3.8) is 0 Å². The Labute approximate surface area is 83.8 Å². The molecule has 1 aromatic heterocycles. The van der Waals surface area contributed by atoms with Gasteiger partial charge in [0.25, 0.3) is 0 Å². The molecule has 0 aliphatic heterocycles. The fourth-order valence-electron chi connectivity index (χ4n) is 1.10. The van der Waals surface area contributed by atoms with Gasteiger partial charge in [-0.1, -0.05) is 0 Å². The van der Waals surface area contributed by atoms with Gasteiger partial charge in [0.1, 0.15) is 5.76 Å². The highest BCUT2D eigenvalue weighted by atomic mass is 19.4. The van der Waals surface area contributed by atoms with Crippen LogP contribution >= 0.6 is 0 Å². The van der Waals surface area contributed by atoms with E-state index in [-0.39, 0.29) is 23.8 Å². The van der Waals surface area contributed by atoms with Gasteiger partial charge in [0.2, 0.25) is 5.76 Å². The topological polar surface area (TPSA) is 77.5 Å². The summed E-state index contributed by atoms with van der Waals surface area (Å²) in [6.07, 6.45) is -4.53. The molecular weight excluding hydrogens is 211 g/mol. The Morgan fingerprint density at radius 2 is 2.07 bits per heavy atom. The molecule has 0 fully saturated rings. The monoisotopic (exact) mass is 221 g/mol. The molecule has 1 rings (SSSR count). The van der Waals surface area contributed by atoms with Crippen molar-refractivity contribution in [1.29, 1.82) is 0 Å². The predicted molar refractivity (Wildman–Crippen MR) is 48.0 cm³/mol. The summed E-state index contributed by atoms with van der Waals surface area (Å²) in [4.78, 5) is 3.49. The lowest BCUT2D eigenvalue weighted by molar-refractivity contribution is -0.154. The van der Waals surface area contributed by atoms with E-state index in [1.54, 1.807) is 0 Å². The lowest BCUT2D eigenvalue weighted by Gasteiger charge is -2.04. The first-order valence-corrected chi connectivity index (χ1v) is 4.02. The van der Waals surface area contributed by atoms with Crippen LogP contribution < -0.4 is 11.5 Å². The van der Waals surface area contributed by atoms with Gasteiger partial charge in [0.15, 0.2) is 5.96 Å². The second-order valence-corrected chi connectivity index (χ2v) is 2.95. The molecule has 7 heteroatoms. The quantitative estimate of drug-likeness (QED) is 0.585. The summed E-state index contributed by atoms with van der Waals surface area (Å²) in [5, 5.41) is 0. The molecule has 0 radical (unpaired) electrons. The first-order chi connectivity index (χ1) is 6.80. The van der Waals surface area contributed by atoms with E-state index >= 15 is 0 Å². The molecule has 1 heterocycles. The van der Waals surface area contributed by atoms with E-state index in [2.05, 4.69) is 9.41 Å². The van der Waals surface area contributed by atoms with Crippen LogP contribution in [0.1, 0.15) is 17.1 Å². The molecule has 4 N–H and O–H groups in total. The third-order valence-corrected chi connectivity index (χ3v) is 1.62. The SMILES string of the molecule is Cc1cc(CN=C(N)N)c(C(F)(F)F)o1. The van der Waals surface area contributed by atoms with Crippen LogP contribution in [-0.2, 0) is 12.7 Å². The molecule has 84 valence electrons. The maximum absolute atomic E-state index is 12.4. The van der Waals surface area contributed by atoms with Crippen LogP contribution in [0.5, 0.6) is 0 Å². The third kappa shape index (κ3) is 2.90. The van der Waals surface area contributed by atoms with Crippen molar-refractivity contribution in [1.82, 2.24) is 0 Å². The second-order valence-electron chi connectivity index (χ2n) is 2.95. The minimum Gasteiger partial charge on any atom is -0.456 e. The fourth-order valence-corrected chi connectivity index (χ4v) is 1.10. The number of guanidine groups is 1. The zero-order chi connectivity index (χ0) is 11.6. The Balaban J connectivity index is 3.02. The molecule has 15 heavy (non-hydrogen) atoms. The van der Waals surface area contributed by atoms with Gasteiger partial charge in [-0.3, -0.25) is 0 Å².